The highest BCUT2D eigenvalue weighted by molar-refractivity contribution is 14.0. The van der Waals surface area contributed by atoms with Crippen molar-refractivity contribution in [3.05, 3.63) is 45.7 Å². The van der Waals surface area contributed by atoms with Crippen LogP contribution in [0.5, 0.6) is 5.88 Å². The van der Waals surface area contributed by atoms with Crippen molar-refractivity contribution in [3.63, 3.8) is 0 Å². The number of hydrogen-bond donors (Lipinski definition) is 1. The molecule has 0 amide bonds. The van der Waals surface area contributed by atoms with E-state index in [4.69, 9.17) is 16.3 Å². The number of rotatable bonds is 8. The Bertz CT molecular complexity index is 639. The van der Waals surface area contributed by atoms with E-state index in [0.717, 1.165) is 25.5 Å². The second kappa shape index (κ2) is 12.3. The first kappa shape index (κ1) is 22.0. The highest BCUT2D eigenvalue weighted by Gasteiger charge is 2.06. The Morgan fingerprint density at radius 1 is 1.40 bits per heavy atom. The Labute approximate surface area is 175 Å². The number of aromatic nitrogens is 1. The molecule has 0 unspecified atom stereocenters. The molecule has 8 heteroatoms. The fourth-order valence-corrected chi connectivity index (χ4v) is 2.95. The monoisotopic (exact) mass is 494 g/mol. The average Bonchev–Trinajstić information content (AvgIpc) is 3.10. The maximum absolute atomic E-state index is 6.01. The molecule has 2 aromatic rings. The predicted molar refractivity (Wildman–Crippen MR) is 117 cm³/mol. The van der Waals surface area contributed by atoms with Gasteiger partial charge in [-0.15, -0.1) is 35.3 Å². The number of ether oxygens (including phenoxy) is 1. The summed E-state index contributed by atoms with van der Waals surface area (Å²) in [6.45, 7) is 4.78. The largest absolute Gasteiger partial charge is 0.475 e. The van der Waals surface area contributed by atoms with Crippen LogP contribution < -0.4 is 10.1 Å². The van der Waals surface area contributed by atoms with Crippen LogP contribution in [0.1, 0.15) is 11.8 Å². The molecule has 0 aliphatic carbocycles. The van der Waals surface area contributed by atoms with Gasteiger partial charge in [0.25, 0.3) is 0 Å². The molecule has 0 atom stereocenters. The number of guanidine groups is 1. The van der Waals surface area contributed by atoms with Gasteiger partial charge in [0.05, 0.1) is 6.54 Å². The van der Waals surface area contributed by atoms with Gasteiger partial charge in [0, 0.05) is 31.2 Å². The Hall–Kier alpha value is -1.06. The van der Waals surface area contributed by atoms with Gasteiger partial charge in [-0.05, 0) is 36.9 Å². The lowest BCUT2D eigenvalue weighted by molar-refractivity contribution is 0.315. The molecule has 0 aliphatic heterocycles. The molecule has 0 radical (unpaired) electrons. The second-order valence-corrected chi connectivity index (χ2v) is 6.56. The molecule has 0 aromatic carbocycles. The number of aliphatic imine (C=N–C) groups is 1. The summed E-state index contributed by atoms with van der Waals surface area (Å²) in [7, 11) is 2.05. The summed E-state index contributed by atoms with van der Waals surface area (Å²) in [6.07, 6.45) is 2.67. The number of pyridine rings is 1. The molecular weight excluding hydrogens is 471 g/mol. The van der Waals surface area contributed by atoms with E-state index in [1.807, 2.05) is 7.05 Å². The number of nitrogens with one attached hydrogen (secondary N) is 1. The van der Waals surface area contributed by atoms with Crippen LogP contribution in [0.4, 0.5) is 0 Å². The van der Waals surface area contributed by atoms with Gasteiger partial charge in [-0.25, -0.2) is 9.98 Å². The molecule has 25 heavy (non-hydrogen) atoms. The first-order valence-electron chi connectivity index (χ1n) is 7.96. The standard InChI is InChI=1S/C17H23ClN4OS.HI/c1-3-19-17(22(2)11-8-14-6-5-13-24-14)21-10-12-23-16-15(18)7-4-9-20-16;/h4-7,9,13H,3,8,10-12H2,1-2H3,(H,19,21);1H. The number of halogens is 2. The van der Waals surface area contributed by atoms with Crippen LogP contribution in [-0.2, 0) is 6.42 Å². The van der Waals surface area contributed by atoms with E-state index in [1.54, 1.807) is 29.7 Å². The summed E-state index contributed by atoms with van der Waals surface area (Å²) in [6, 6.07) is 7.78. The Kier molecular flexibility index (Phi) is 10.8. The van der Waals surface area contributed by atoms with Crippen LogP contribution in [0.15, 0.2) is 40.8 Å². The van der Waals surface area contributed by atoms with Crippen LogP contribution in [0, 0.1) is 0 Å². The minimum Gasteiger partial charge on any atom is -0.475 e. The molecule has 0 bridgehead atoms. The van der Waals surface area contributed by atoms with Crippen LogP contribution in [-0.4, -0.2) is 49.1 Å². The molecule has 0 saturated heterocycles. The third-order valence-electron chi connectivity index (χ3n) is 3.29. The molecule has 2 rings (SSSR count). The van der Waals surface area contributed by atoms with Crippen molar-refractivity contribution in [1.29, 1.82) is 0 Å². The van der Waals surface area contributed by atoms with Crippen molar-refractivity contribution in [2.45, 2.75) is 13.3 Å². The molecular formula is C17H24ClIN4OS. The molecule has 5 nitrogen and oxygen atoms in total. The molecule has 138 valence electrons. The minimum absolute atomic E-state index is 0. The molecule has 0 spiro atoms. The van der Waals surface area contributed by atoms with E-state index in [0.29, 0.717) is 24.1 Å². The van der Waals surface area contributed by atoms with Gasteiger partial charge in [0.2, 0.25) is 5.88 Å². The summed E-state index contributed by atoms with van der Waals surface area (Å²) in [5, 5.41) is 5.93. The molecule has 0 saturated carbocycles. The van der Waals surface area contributed by atoms with E-state index in [2.05, 4.69) is 44.6 Å². The molecule has 0 aliphatic rings. The lowest BCUT2D eigenvalue weighted by Gasteiger charge is -2.21. The average molecular weight is 495 g/mol. The van der Waals surface area contributed by atoms with E-state index in [9.17, 15) is 0 Å². The minimum atomic E-state index is 0. The van der Waals surface area contributed by atoms with Crippen molar-refractivity contribution in [3.8, 4) is 5.88 Å². The third-order valence-corrected chi connectivity index (χ3v) is 4.51. The fraction of sp³-hybridized carbons (Fsp3) is 0.412. The maximum Gasteiger partial charge on any atom is 0.232 e. The van der Waals surface area contributed by atoms with E-state index < -0.39 is 0 Å². The molecule has 1 N–H and O–H groups in total. The second-order valence-electron chi connectivity index (χ2n) is 5.13. The van der Waals surface area contributed by atoms with Crippen molar-refractivity contribution in [2.24, 2.45) is 4.99 Å². The summed E-state index contributed by atoms with van der Waals surface area (Å²) < 4.78 is 5.57. The zero-order valence-corrected chi connectivity index (χ0v) is 18.3. The zero-order chi connectivity index (χ0) is 17.2. The van der Waals surface area contributed by atoms with Gasteiger partial charge >= 0.3 is 0 Å². The van der Waals surface area contributed by atoms with Gasteiger partial charge in [0.15, 0.2) is 5.96 Å². The number of hydrogen-bond acceptors (Lipinski definition) is 4. The van der Waals surface area contributed by atoms with Crippen molar-refractivity contribution >= 4 is 52.9 Å². The van der Waals surface area contributed by atoms with Crippen molar-refractivity contribution < 1.29 is 4.74 Å². The van der Waals surface area contributed by atoms with Gasteiger partial charge < -0.3 is 15.0 Å². The quantitative estimate of drug-likeness (QED) is 0.261. The van der Waals surface area contributed by atoms with Crippen LogP contribution in [0.2, 0.25) is 5.02 Å². The maximum atomic E-state index is 6.01. The summed E-state index contributed by atoms with van der Waals surface area (Å²) in [5.41, 5.74) is 0. The first-order chi connectivity index (χ1) is 11.7. The lowest BCUT2D eigenvalue weighted by Crippen LogP contribution is -2.40. The lowest BCUT2D eigenvalue weighted by atomic mass is 10.3. The zero-order valence-electron chi connectivity index (χ0n) is 14.4. The van der Waals surface area contributed by atoms with Crippen LogP contribution >= 0.6 is 46.9 Å². The highest BCUT2D eigenvalue weighted by Crippen LogP contribution is 2.19. The molecule has 2 aromatic heterocycles. The number of likely N-dealkylation sites (N-methyl/N-ethyl adjacent to an activating group) is 1. The number of thiophene rings is 1. The normalized spacial score (nSPS) is 10.9. The SMILES string of the molecule is CCNC(=NCCOc1ncccc1Cl)N(C)CCc1cccs1.I. The van der Waals surface area contributed by atoms with E-state index in [-0.39, 0.29) is 24.0 Å². The fourth-order valence-electron chi connectivity index (χ4n) is 2.08. The first-order valence-corrected chi connectivity index (χ1v) is 9.21. The number of nitrogens with zero attached hydrogens (tertiary/aromatic N) is 3. The van der Waals surface area contributed by atoms with E-state index in [1.165, 1.54) is 4.88 Å². The van der Waals surface area contributed by atoms with Gasteiger partial charge in [-0.2, -0.15) is 0 Å². The van der Waals surface area contributed by atoms with Gasteiger partial charge in [0.1, 0.15) is 11.6 Å². The van der Waals surface area contributed by atoms with Gasteiger partial charge in [-0.1, -0.05) is 17.7 Å². The van der Waals surface area contributed by atoms with Crippen molar-refractivity contribution in [2.75, 3.05) is 33.3 Å². The van der Waals surface area contributed by atoms with Crippen LogP contribution in [0.3, 0.4) is 0 Å². The summed E-state index contributed by atoms with van der Waals surface area (Å²) in [5.74, 6) is 1.33. The summed E-state index contributed by atoms with van der Waals surface area (Å²) >= 11 is 7.80. The summed E-state index contributed by atoms with van der Waals surface area (Å²) in [4.78, 5) is 12.2. The Balaban J connectivity index is 0.00000312. The molecule has 0 fully saturated rings. The Morgan fingerprint density at radius 2 is 2.24 bits per heavy atom. The Morgan fingerprint density at radius 3 is 2.92 bits per heavy atom. The predicted octanol–water partition coefficient (Wildman–Crippen LogP) is 3.93. The smallest absolute Gasteiger partial charge is 0.232 e. The van der Waals surface area contributed by atoms with Gasteiger partial charge in [-0.3, -0.25) is 0 Å². The third kappa shape index (κ3) is 7.79. The topological polar surface area (TPSA) is 49.8 Å². The molecule has 2 heterocycles. The van der Waals surface area contributed by atoms with Crippen LogP contribution in [0.25, 0.3) is 0 Å². The van der Waals surface area contributed by atoms with E-state index >= 15 is 0 Å². The van der Waals surface area contributed by atoms with Crippen molar-refractivity contribution in [1.82, 2.24) is 15.2 Å². The highest BCUT2D eigenvalue weighted by atomic mass is 127.